The molecule has 1 aliphatic carbocycles. The number of cyclic esters (lactones) is 1. The third-order valence-electron chi connectivity index (χ3n) is 15.7. The highest BCUT2D eigenvalue weighted by atomic mass is 16.9. The minimum atomic E-state index is -2.64. The van der Waals surface area contributed by atoms with E-state index in [9.17, 15) is 54.2 Å². The summed E-state index contributed by atoms with van der Waals surface area (Å²) in [5.41, 5.74) is 0.820. The number of Topliss-reactive ketones (excluding diaryl/α,β-unsaturated/α-hetero) is 3. The summed E-state index contributed by atoms with van der Waals surface area (Å²) in [6.45, 7) is 13.9. The summed E-state index contributed by atoms with van der Waals surface area (Å²) in [5, 5.41) is 45.3. The molecule has 4 aliphatic rings. The number of ether oxygens (including phenoxy) is 5. The van der Waals surface area contributed by atoms with Gasteiger partial charge in [-0.3, -0.25) is 29.6 Å². The molecule has 0 aromatic carbocycles. The first-order valence-electron chi connectivity index (χ1n) is 27.1. The molecular weight excluding hydrogens is 987 g/mol. The highest BCUT2D eigenvalue weighted by Gasteiger charge is 2.53. The van der Waals surface area contributed by atoms with Crippen LogP contribution >= 0.6 is 0 Å². The third kappa shape index (κ3) is 17.2. The predicted molar refractivity (Wildman–Crippen MR) is 277 cm³/mol. The highest BCUT2D eigenvalue weighted by molar-refractivity contribution is 6.39. The molecule has 0 aromatic rings. The molecule has 3 fully saturated rings. The SMILES string of the molecule is CCCOC(=O)N(O)[C@H]1C[C@@H]2CC[C@@H](C)[C@@](O)(O2)C(=O)C(=O)N2CCCC[C@H]2C(=O)O[C@H]([C@H](C)C[C@@H]2CC[C@@H](C(=O)ON(C)O)[C@H](OC)C2)CC(=O)[C@H](C)/C=C(\C)[C@@H](O)[C@@H](OC)C(=O)[C@H](C)C[C@H](C)\C=C/C=C/C=C/1C. The summed E-state index contributed by atoms with van der Waals surface area (Å²) in [6.07, 6.45) is 8.07. The van der Waals surface area contributed by atoms with Gasteiger partial charge in [0.15, 0.2) is 5.78 Å². The van der Waals surface area contributed by atoms with Crippen LogP contribution in [0.1, 0.15) is 139 Å². The van der Waals surface area contributed by atoms with E-state index >= 15 is 0 Å². The number of ketones is 3. The zero-order chi connectivity index (χ0) is 56.6. The van der Waals surface area contributed by atoms with E-state index in [4.69, 9.17) is 28.5 Å². The van der Waals surface area contributed by atoms with Gasteiger partial charge in [-0.2, -0.15) is 5.06 Å². The summed E-state index contributed by atoms with van der Waals surface area (Å²) in [6, 6.07) is -2.33. The Morgan fingerprint density at radius 2 is 1.62 bits per heavy atom. The quantitative estimate of drug-likeness (QED) is 0.0576. The summed E-state index contributed by atoms with van der Waals surface area (Å²) in [7, 11) is 4.00. The summed E-state index contributed by atoms with van der Waals surface area (Å²) in [5.74, 6) is -10.8. The van der Waals surface area contributed by atoms with E-state index in [1.54, 1.807) is 71.9 Å². The van der Waals surface area contributed by atoms with Gasteiger partial charge >= 0.3 is 18.0 Å². The predicted octanol–water partition coefficient (Wildman–Crippen LogP) is 6.81. The fourth-order valence-electron chi connectivity index (χ4n) is 11.0. The Balaban J connectivity index is 1.75. The molecule has 0 spiro atoms. The maximum absolute atomic E-state index is 14.6. The van der Waals surface area contributed by atoms with Gasteiger partial charge in [0.25, 0.3) is 11.7 Å². The second kappa shape index (κ2) is 29.9. The zero-order valence-corrected chi connectivity index (χ0v) is 46.6. The van der Waals surface area contributed by atoms with Crippen LogP contribution in [-0.2, 0) is 57.3 Å². The van der Waals surface area contributed by atoms with Crippen LogP contribution in [0.25, 0.3) is 0 Å². The van der Waals surface area contributed by atoms with Crippen molar-refractivity contribution >= 4 is 41.3 Å². The average Bonchev–Trinajstić information content (AvgIpc) is 3.38. The number of hydroxylamine groups is 4. The van der Waals surface area contributed by atoms with Gasteiger partial charge in [0.1, 0.15) is 30.1 Å². The number of methoxy groups -OCH3 is 2. The van der Waals surface area contributed by atoms with Crippen LogP contribution < -0.4 is 0 Å². The van der Waals surface area contributed by atoms with Gasteiger partial charge in [-0.25, -0.2) is 14.4 Å². The van der Waals surface area contributed by atoms with E-state index < -0.39 is 108 Å². The van der Waals surface area contributed by atoms with E-state index in [0.29, 0.717) is 79.2 Å². The number of esters is 1. The number of hydrogen-bond acceptors (Lipinski definition) is 18. The standard InChI is InChI=1S/C56H87N3O17/c1-12-26-73-55(67)59(70)44-31-41-23-21-39(8)56(68,75-41)51(63)52(64)58-25-17-16-20-43(58)54(66)74-46(36(5)29-40-22-24-42(47(30-40)71-10)53(65)76-57(9)69)32-45(60)35(4)28-38(7)49(62)50(72-11)48(61)37(6)27-33(2)18-14-13-15-19-34(44)3/h13-15,18-19,28,33,35-37,39-44,46-47,49-50,62,68-70H,12,16-17,20-27,29-32H2,1-11H3/b15-13+,18-14-,34-19+,38-28+/t33-,35-,36-,37-,39-,40+,41+,42-,43+,44+,46+,47-,49-,50+,56-/m1/s1. The highest BCUT2D eigenvalue weighted by Crippen LogP contribution is 2.39. The first kappa shape index (κ1) is 63.9. The molecule has 20 heteroatoms. The number of hydrogen-bond donors (Lipinski definition) is 4. The van der Waals surface area contributed by atoms with Gasteiger partial charge in [-0.1, -0.05) is 78.0 Å². The Kier molecular flexibility index (Phi) is 25.1. The number of allylic oxidation sites excluding steroid dienone is 6. The molecule has 0 aromatic heterocycles. The Morgan fingerprint density at radius 3 is 2.28 bits per heavy atom. The number of rotatable bonds is 10. The van der Waals surface area contributed by atoms with E-state index in [1.807, 2.05) is 19.9 Å². The molecule has 2 saturated heterocycles. The van der Waals surface area contributed by atoms with Gasteiger partial charge in [0.05, 0.1) is 37.8 Å². The average molecular weight is 1070 g/mol. The van der Waals surface area contributed by atoms with Crippen LogP contribution in [0.4, 0.5) is 4.79 Å². The number of aliphatic hydroxyl groups excluding tert-OH is 1. The first-order valence-corrected chi connectivity index (χ1v) is 27.1. The number of amides is 2. The first-order chi connectivity index (χ1) is 35.9. The van der Waals surface area contributed by atoms with Gasteiger partial charge in [0.2, 0.25) is 5.79 Å². The monoisotopic (exact) mass is 1070 g/mol. The maximum atomic E-state index is 14.6. The molecule has 428 valence electrons. The van der Waals surface area contributed by atoms with Gasteiger partial charge < -0.3 is 43.6 Å². The normalized spacial score (nSPS) is 36.1. The maximum Gasteiger partial charge on any atom is 0.434 e. The lowest BCUT2D eigenvalue weighted by atomic mass is 9.75. The number of nitrogens with zero attached hydrogens (tertiary/aromatic N) is 3. The largest absolute Gasteiger partial charge is 0.460 e. The van der Waals surface area contributed by atoms with Crippen LogP contribution in [-0.4, -0.2) is 160 Å². The number of aliphatic hydroxyl groups is 2. The molecule has 20 nitrogen and oxygen atoms in total. The fourth-order valence-corrected chi connectivity index (χ4v) is 11.0. The van der Waals surface area contributed by atoms with Crippen LogP contribution in [0.2, 0.25) is 0 Å². The minimum Gasteiger partial charge on any atom is -0.460 e. The van der Waals surface area contributed by atoms with E-state index in [0.717, 1.165) is 4.90 Å². The molecule has 0 radical (unpaired) electrons. The number of fused-ring (bicyclic) bond motifs is 3. The van der Waals surface area contributed by atoms with Crippen molar-refractivity contribution in [2.45, 2.75) is 187 Å². The summed E-state index contributed by atoms with van der Waals surface area (Å²) < 4.78 is 29.0. The lowest BCUT2D eigenvalue weighted by Gasteiger charge is -2.43. The van der Waals surface area contributed by atoms with E-state index in [1.165, 1.54) is 21.3 Å². The van der Waals surface area contributed by atoms with Gasteiger partial charge in [-0.05, 0) is 119 Å². The molecule has 0 unspecified atom stereocenters. The summed E-state index contributed by atoms with van der Waals surface area (Å²) >= 11 is 0. The number of piperidine rings is 1. The second-order valence-electron chi connectivity index (χ2n) is 21.8. The molecule has 3 aliphatic heterocycles. The Bertz CT molecular complexity index is 2120. The van der Waals surface area contributed by atoms with Crippen molar-refractivity contribution in [1.29, 1.82) is 0 Å². The molecule has 4 rings (SSSR count). The van der Waals surface area contributed by atoms with Gasteiger partial charge in [0, 0.05) is 51.4 Å². The van der Waals surface area contributed by atoms with Crippen LogP contribution in [0, 0.1) is 41.4 Å². The van der Waals surface area contributed by atoms with Crippen LogP contribution in [0.3, 0.4) is 0 Å². The lowest BCUT2D eigenvalue weighted by Crippen LogP contribution is -2.61. The Labute approximate surface area is 448 Å². The second-order valence-corrected chi connectivity index (χ2v) is 21.8. The third-order valence-corrected chi connectivity index (χ3v) is 15.7. The van der Waals surface area contributed by atoms with Crippen molar-refractivity contribution < 1.29 is 82.7 Å². The molecule has 76 heavy (non-hydrogen) atoms. The number of carbonyl (C=O) groups is 7. The van der Waals surface area contributed by atoms with Crippen molar-refractivity contribution in [2.75, 3.05) is 34.4 Å². The topological polar surface area (TPSA) is 266 Å². The van der Waals surface area contributed by atoms with Gasteiger partial charge in [-0.15, -0.1) is 0 Å². The number of carbonyl (C=O) groups excluding carboxylic acids is 7. The summed E-state index contributed by atoms with van der Waals surface area (Å²) in [4.78, 5) is 104. The smallest absolute Gasteiger partial charge is 0.434 e. The minimum absolute atomic E-state index is 0.0201. The zero-order valence-electron chi connectivity index (χ0n) is 46.6. The van der Waals surface area contributed by atoms with Crippen LogP contribution in [0.5, 0.6) is 0 Å². The van der Waals surface area contributed by atoms with Crippen LogP contribution in [0.15, 0.2) is 47.6 Å². The van der Waals surface area contributed by atoms with E-state index in [2.05, 4.69) is 0 Å². The lowest BCUT2D eigenvalue weighted by molar-refractivity contribution is -0.306. The molecule has 2 amide bonds. The molecule has 15 atom stereocenters. The van der Waals surface area contributed by atoms with Crippen molar-refractivity contribution in [3.05, 3.63) is 47.6 Å². The van der Waals surface area contributed by atoms with E-state index in [-0.39, 0.29) is 62.2 Å². The molecule has 2 bridgehead atoms. The van der Waals surface area contributed by atoms with Crippen molar-refractivity contribution in [2.24, 2.45) is 41.4 Å². The Morgan fingerprint density at radius 1 is 0.908 bits per heavy atom. The Hall–Kier alpha value is -4.67. The molecule has 4 N–H and O–H groups in total. The molecule has 3 heterocycles. The van der Waals surface area contributed by atoms with Crippen molar-refractivity contribution in [3.63, 3.8) is 0 Å². The van der Waals surface area contributed by atoms with Crippen molar-refractivity contribution in [1.82, 2.24) is 15.2 Å². The fraction of sp³-hybridized carbons (Fsp3) is 0.732. The molecule has 1 saturated carbocycles. The van der Waals surface area contributed by atoms with Crippen molar-refractivity contribution in [3.8, 4) is 0 Å². The molecular formula is C56H87N3O17.